The van der Waals surface area contributed by atoms with Crippen LogP contribution in [0.15, 0.2) is 0 Å². The summed E-state index contributed by atoms with van der Waals surface area (Å²) in [7, 11) is 0. The normalized spacial score (nSPS) is 34.1. The van der Waals surface area contributed by atoms with Crippen LogP contribution in [0.5, 0.6) is 0 Å². The number of rotatable bonds is 2. The van der Waals surface area contributed by atoms with Crippen LogP contribution in [-0.2, 0) is 14.3 Å². The van der Waals surface area contributed by atoms with Crippen molar-refractivity contribution in [3.8, 4) is 0 Å². The first kappa shape index (κ1) is 12.4. The minimum absolute atomic E-state index is 0.0502. The summed E-state index contributed by atoms with van der Waals surface area (Å²) in [5.74, 6) is 0.627. The van der Waals surface area contributed by atoms with Gasteiger partial charge in [-0.15, -0.1) is 0 Å². The summed E-state index contributed by atoms with van der Waals surface area (Å²) >= 11 is 0. The number of carbonyl (C=O) groups excluding carboxylic acids is 1. The molecule has 0 radical (unpaired) electrons. The second-order valence-corrected chi connectivity index (χ2v) is 5.45. The van der Waals surface area contributed by atoms with E-state index in [2.05, 4.69) is 5.32 Å². The van der Waals surface area contributed by atoms with Crippen molar-refractivity contribution in [3.05, 3.63) is 0 Å². The van der Waals surface area contributed by atoms with E-state index in [9.17, 15) is 4.79 Å². The minimum Gasteiger partial charge on any atom is -0.350 e. The predicted octanol–water partition coefficient (Wildman–Crippen LogP) is 0.350. The highest BCUT2D eigenvalue weighted by atomic mass is 16.7. The Morgan fingerprint density at radius 2 is 2.00 bits per heavy atom. The van der Waals surface area contributed by atoms with Gasteiger partial charge in [0.05, 0.1) is 19.3 Å². The zero-order valence-corrected chi connectivity index (χ0v) is 10.8. The van der Waals surface area contributed by atoms with E-state index in [0.29, 0.717) is 19.1 Å². The molecule has 1 amide bonds. The molecule has 0 bridgehead atoms. The maximum atomic E-state index is 12.3. The molecule has 3 fully saturated rings. The lowest BCUT2D eigenvalue weighted by atomic mass is 9.96. The van der Waals surface area contributed by atoms with Gasteiger partial charge in [0.1, 0.15) is 0 Å². The van der Waals surface area contributed by atoms with Gasteiger partial charge in [-0.1, -0.05) is 0 Å². The molecule has 2 atom stereocenters. The van der Waals surface area contributed by atoms with Crippen LogP contribution >= 0.6 is 0 Å². The smallest absolute Gasteiger partial charge is 0.239 e. The van der Waals surface area contributed by atoms with Crippen molar-refractivity contribution in [2.75, 3.05) is 32.8 Å². The van der Waals surface area contributed by atoms with E-state index in [1.54, 1.807) is 0 Å². The van der Waals surface area contributed by atoms with Gasteiger partial charge in [0.2, 0.25) is 5.91 Å². The third-order valence-corrected chi connectivity index (χ3v) is 4.16. The van der Waals surface area contributed by atoms with E-state index >= 15 is 0 Å². The van der Waals surface area contributed by atoms with Gasteiger partial charge in [0.25, 0.3) is 0 Å². The van der Waals surface area contributed by atoms with Crippen LogP contribution in [-0.4, -0.2) is 56.0 Å². The Bertz CT molecular complexity index is 299. The quantitative estimate of drug-likeness (QED) is 0.772. The molecule has 3 aliphatic rings. The Balaban J connectivity index is 1.57. The maximum Gasteiger partial charge on any atom is 0.239 e. The number of nitrogens with one attached hydrogen (secondary N) is 1. The number of nitrogens with zero attached hydrogens (tertiary/aromatic N) is 1. The van der Waals surface area contributed by atoms with E-state index in [1.807, 2.05) is 4.90 Å². The average molecular weight is 254 g/mol. The summed E-state index contributed by atoms with van der Waals surface area (Å²) in [5, 5.41) is 3.28. The number of likely N-dealkylation sites (tertiary alicyclic amines) is 1. The van der Waals surface area contributed by atoms with Gasteiger partial charge >= 0.3 is 0 Å². The molecule has 3 aliphatic heterocycles. The standard InChI is InChI=1S/C13H22N2O3/c16-12(11-4-1-5-14-11)15-6-2-3-10(9-15)13-17-7-8-18-13/h10-11,13-14H,1-9H2. The fourth-order valence-electron chi connectivity index (χ4n) is 3.20. The van der Waals surface area contributed by atoms with E-state index in [0.717, 1.165) is 45.3 Å². The molecule has 0 saturated carbocycles. The molecule has 3 heterocycles. The largest absolute Gasteiger partial charge is 0.350 e. The Labute approximate surface area is 108 Å². The summed E-state index contributed by atoms with van der Waals surface area (Å²) in [6.07, 6.45) is 4.18. The Hall–Kier alpha value is -0.650. The van der Waals surface area contributed by atoms with Gasteiger partial charge in [0.15, 0.2) is 6.29 Å². The van der Waals surface area contributed by atoms with Gasteiger partial charge < -0.3 is 19.7 Å². The SMILES string of the molecule is O=C(C1CCCN1)N1CCCC(C2OCCO2)C1. The summed E-state index contributed by atoms with van der Waals surface area (Å²) in [6.45, 7) is 4.04. The highest BCUT2D eigenvalue weighted by Gasteiger charge is 2.35. The van der Waals surface area contributed by atoms with Gasteiger partial charge in [0, 0.05) is 19.0 Å². The molecule has 1 N–H and O–H groups in total. The first-order chi connectivity index (χ1) is 8.84. The monoisotopic (exact) mass is 254 g/mol. The Morgan fingerprint density at radius 1 is 1.17 bits per heavy atom. The van der Waals surface area contributed by atoms with Crippen molar-refractivity contribution in [1.82, 2.24) is 10.2 Å². The fourth-order valence-corrected chi connectivity index (χ4v) is 3.20. The summed E-state index contributed by atoms with van der Waals surface area (Å²) in [4.78, 5) is 14.3. The van der Waals surface area contributed by atoms with E-state index in [4.69, 9.17) is 9.47 Å². The molecule has 18 heavy (non-hydrogen) atoms. The molecule has 0 spiro atoms. The van der Waals surface area contributed by atoms with Crippen molar-refractivity contribution in [2.24, 2.45) is 5.92 Å². The summed E-state index contributed by atoms with van der Waals surface area (Å²) < 4.78 is 11.1. The van der Waals surface area contributed by atoms with Gasteiger partial charge in [-0.3, -0.25) is 4.79 Å². The van der Waals surface area contributed by atoms with Gasteiger partial charge in [-0.2, -0.15) is 0 Å². The van der Waals surface area contributed by atoms with Crippen LogP contribution in [0.1, 0.15) is 25.7 Å². The number of piperidine rings is 1. The number of hydrogen-bond donors (Lipinski definition) is 1. The van der Waals surface area contributed by atoms with Crippen molar-refractivity contribution < 1.29 is 14.3 Å². The highest BCUT2D eigenvalue weighted by molar-refractivity contribution is 5.82. The summed E-state index contributed by atoms with van der Waals surface area (Å²) in [6, 6.07) is 0.0502. The van der Waals surface area contributed by atoms with Crippen LogP contribution in [0, 0.1) is 5.92 Å². The third kappa shape index (κ3) is 2.53. The molecule has 0 aromatic carbocycles. The van der Waals surface area contributed by atoms with E-state index in [1.165, 1.54) is 0 Å². The molecule has 3 saturated heterocycles. The van der Waals surface area contributed by atoms with E-state index in [-0.39, 0.29) is 18.2 Å². The molecule has 102 valence electrons. The van der Waals surface area contributed by atoms with Crippen LogP contribution < -0.4 is 5.32 Å². The second-order valence-electron chi connectivity index (χ2n) is 5.45. The molecule has 0 aromatic rings. The third-order valence-electron chi connectivity index (χ3n) is 4.16. The van der Waals surface area contributed by atoms with Crippen LogP contribution in [0.3, 0.4) is 0 Å². The van der Waals surface area contributed by atoms with E-state index < -0.39 is 0 Å². The summed E-state index contributed by atoms with van der Waals surface area (Å²) in [5.41, 5.74) is 0. The van der Waals surface area contributed by atoms with Crippen molar-refractivity contribution >= 4 is 5.91 Å². The zero-order chi connectivity index (χ0) is 12.4. The molecule has 3 rings (SSSR count). The van der Waals surface area contributed by atoms with Gasteiger partial charge in [-0.25, -0.2) is 0 Å². The molecular formula is C13H22N2O3. The molecule has 0 aromatic heterocycles. The fraction of sp³-hybridized carbons (Fsp3) is 0.923. The predicted molar refractivity (Wildman–Crippen MR) is 66.0 cm³/mol. The van der Waals surface area contributed by atoms with Crippen molar-refractivity contribution in [2.45, 2.75) is 38.0 Å². The maximum absolute atomic E-state index is 12.3. The minimum atomic E-state index is -0.0860. The van der Waals surface area contributed by atoms with Crippen LogP contribution in [0.2, 0.25) is 0 Å². The van der Waals surface area contributed by atoms with Crippen molar-refractivity contribution in [1.29, 1.82) is 0 Å². The lowest BCUT2D eigenvalue weighted by Crippen LogP contribution is -2.49. The number of amides is 1. The number of ether oxygens (including phenoxy) is 2. The van der Waals surface area contributed by atoms with Gasteiger partial charge in [-0.05, 0) is 32.2 Å². The lowest BCUT2D eigenvalue weighted by molar-refractivity contribution is -0.141. The van der Waals surface area contributed by atoms with Crippen LogP contribution in [0.4, 0.5) is 0 Å². The van der Waals surface area contributed by atoms with Crippen LogP contribution in [0.25, 0.3) is 0 Å². The Morgan fingerprint density at radius 3 is 2.72 bits per heavy atom. The Kier molecular flexibility index (Phi) is 3.82. The average Bonchev–Trinajstić information content (AvgIpc) is 3.11. The molecule has 5 nitrogen and oxygen atoms in total. The number of carbonyl (C=O) groups is 1. The number of hydrogen-bond acceptors (Lipinski definition) is 4. The molecule has 0 aliphatic carbocycles. The second kappa shape index (κ2) is 5.55. The first-order valence-corrected chi connectivity index (χ1v) is 7.10. The first-order valence-electron chi connectivity index (χ1n) is 7.10. The lowest BCUT2D eigenvalue weighted by Gasteiger charge is -2.36. The topological polar surface area (TPSA) is 50.8 Å². The molecular weight excluding hydrogens is 232 g/mol. The molecule has 5 heteroatoms. The van der Waals surface area contributed by atoms with Crippen molar-refractivity contribution in [3.63, 3.8) is 0 Å². The molecule has 2 unspecified atom stereocenters. The highest BCUT2D eigenvalue weighted by Crippen LogP contribution is 2.25. The zero-order valence-electron chi connectivity index (χ0n) is 10.8.